The predicted octanol–water partition coefficient (Wildman–Crippen LogP) is 1.39. The van der Waals surface area contributed by atoms with Gasteiger partial charge >= 0.3 is 5.97 Å². The van der Waals surface area contributed by atoms with Gasteiger partial charge in [0.2, 0.25) is 0 Å². The molecule has 3 heteroatoms. The molecule has 3 rings (SSSR count). The second kappa shape index (κ2) is 3.63. The number of carbonyl (C=O) groups excluding carboxylic acids is 1. The molecule has 0 radical (unpaired) electrons. The van der Waals surface area contributed by atoms with E-state index in [2.05, 4.69) is 12.2 Å². The molecule has 1 aliphatic heterocycles. The molecule has 0 amide bonds. The molecule has 1 saturated carbocycles. The van der Waals surface area contributed by atoms with Crippen molar-refractivity contribution in [1.82, 2.24) is 0 Å². The monoisotopic (exact) mass is 208 g/mol. The standard InChI is InChI=1S/C12H16O3/c13-12(15-7-9-5-14-6-9)11-4-8-1-2-10(11)3-8/h1-2,8-11H,3-7H2. The summed E-state index contributed by atoms with van der Waals surface area (Å²) >= 11 is 0. The van der Waals surface area contributed by atoms with E-state index in [0.717, 1.165) is 26.1 Å². The molecular formula is C12H16O3. The highest BCUT2D eigenvalue weighted by molar-refractivity contribution is 5.74. The highest BCUT2D eigenvalue weighted by Crippen LogP contribution is 2.43. The molecule has 0 N–H and O–H groups in total. The maximum Gasteiger partial charge on any atom is 0.309 e. The number of rotatable bonds is 3. The van der Waals surface area contributed by atoms with E-state index in [4.69, 9.17) is 9.47 Å². The van der Waals surface area contributed by atoms with Crippen LogP contribution in [0.2, 0.25) is 0 Å². The Morgan fingerprint density at radius 3 is 2.73 bits per heavy atom. The summed E-state index contributed by atoms with van der Waals surface area (Å²) in [6.07, 6.45) is 6.59. The van der Waals surface area contributed by atoms with Gasteiger partial charge in [0.25, 0.3) is 0 Å². The number of fused-ring (bicyclic) bond motifs is 2. The van der Waals surface area contributed by atoms with Crippen LogP contribution in [0.1, 0.15) is 12.8 Å². The highest BCUT2D eigenvalue weighted by atomic mass is 16.5. The van der Waals surface area contributed by atoms with Gasteiger partial charge in [-0.2, -0.15) is 0 Å². The van der Waals surface area contributed by atoms with Crippen LogP contribution in [0.15, 0.2) is 12.2 Å². The SMILES string of the molecule is O=C(OCC1COC1)C1CC2C=CC1C2. The van der Waals surface area contributed by atoms with E-state index in [1.54, 1.807) is 0 Å². The smallest absolute Gasteiger partial charge is 0.309 e. The van der Waals surface area contributed by atoms with Crippen LogP contribution in [-0.2, 0) is 14.3 Å². The molecule has 1 heterocycles. The molecule has 3 nitrogen and oxygen atoms in total. The first-order valence-corrected chi connectivity index (χ1v) is 5.75. The van der Waals surface area contributed by atoms with E-state index in [-0.39, 0.29) is 11.9 Å². The summed E-state index contributed by atoms with van der Waals surface area (Å²) in [5, 5.41) is 0. The summed E-state index contributed by atoms with van der Waals surface area (Å²) in [6.45, 7) is 2.06. The molecule has 2 fully saturated rings. The Balaban J connectivity index is 1.49. The average molecular weight is 208 g/mol. The predicted molar refractivity (Wildman–Crippen MR) is 54.1 cm³/mol. The highest BCUT2D eigenvalue weighted by Gasteiger charge is 2.40. The first-order chi connectivity index (χ1) is 7.33. The van der Waals surface area contributed by atoms with Crippen LogP contribution in [-0.4, -0.2) is 25.8 Å². The van der Waals surface area contributed by atoms with Gasteiger partial charge in [-0.05, 0) is 24.7 Å². The second-order valence-corrected chi connectivity index (χ2v) is 4.92. The minimum absolute atomic E-state index is 0.0127. The largest absolute Gasteiger partial charge is 0.465 e. The Morgan fingerprint density at radius 2 is 2.20 bits per heavy atom. The number of ether oxygens (including phenoxy) is 2. The normalized spacial score (nSPS) is 38.0. The van der Waals surface area contributed by atoms with Gasteiger partial charge in [-0.3, -0.25) is 4.79 Å². The number of carbonyl (C=O) groups is 1. The second-order valence-electron chi connectivity index (χ2n) is 4.92. The van der Waals surface area contributed by atoms with E-state index in [9.17, 15) is 4.79 Å². The third-order valence-corrected chi connectivity index (χ3v) is 3.75. The van der Waals surface area contributed by atoms with Crippen molar-refractivity contribution in [2.24, 2.45) is 23.7 Å². The van der Waals surface area contributed by atoms with E-state index in [1.807, 2.05) is 0 Å². The summed E-state index contributed by atoms with van der Waals surface area (Å²) in [4.78, 5) is 11.8. The van der Waals surface area contributed by atoms with Crippen LogP contribution < -0.4 is 0 Å². The number of allylic oxidation sites excluding steroid dienone is 2. The fraction of sp³-hybridized carbons (Fsp3) is 0.750. The minimum atomic E-state index is 0.0127. The van der Waals surface area contributed by atoms with Gasteiger partial charge in [0.15, 0.2) is 0 Å². The zero-order valence-electron chi connectivity index (χ0n) is 8.72. The molecule has 3 atom stereocenters. The number of esters is 1. The van der Waals surface area contributed by atoms with Crippen molar-refractivity contribution >= 4 is 5.97 Å². The molecule has 0 aromatic heterocycles. The Morgan fingerprint density at radius 1 is 1.33 bits per heavy atom. The lowest BCUT2D eigenvalue weighted by Crippen LogP contribution is -2.34. The van der Waals surface area contributed by atoms with Crippen LogP contribution in [0.4, 0.5) is 0 Å². The van der Waals surface area contributed by atoms with E-state index < -0.39 is 0 Å². The Hall–Kier alpha value is -0.830. The molecular weight excluding hydrogens is 192 g/mol. The Kier molecular flexibility index (Phi) is 2.28. The van der Waals surface area contributed by atoms with Gasteiger partial charge in [0, 0.05) is 5.92 Å². The van der Waals surface area contributed by atoms with Crippen LogP contribution in [0.5, 0.6) is 0 Å². The molecule has 82 valence electrons. The quantitative estimate of drug-likeness (QED) is 0.519. The van der Waals surface area contributed by atoms with Gasteiger partial charge in [-0.25, -0.2) is 0 Å². The maximum absolute atomic E-state index is 11.8. The lowest BCUT2D eigenvalue weighted by Gasteiger charge is -2.26. The van der Waals surface area contributed by atoms with Crippen LogP contribution >= 0.6 is 0 Å². The average Bonchev–Trinajstić information content (AvgIpc) is 2.75. The van der Waals surface area contributed by atoms with Crippen molar-refractivity contribution < 1.29 is 14.3 Å². The maximum atomic E-state index is 11.8. The molecule has 3 aliphatic rings. The zero-order valence-corrected chi connectivity index (χ0v) is 8.72. The molecule has 2 bridgehead atoms. The van der Waals surface area contributed by atoms with Crippen molar-refractivity contribution in [2.45, 2.75) is 12.8 Å². The molecule has 1 saturated heterocycles. The van der Waals surface area contributed by atoms with Crippen LogP contribution in [0, 0.1) is 23.7 Å². The lowest BCUT2D eigenvalue weighted by molar-refractivity contribution is -0.156. The molecule has 2 aliphatic carbocycles. The molecule has 3 unspecified atom stereocenters. The van der Waals surface area contributed by atoms with E-state index >= 15 is 0 Å². The molecule has 0 aromatic rings. The van der Waals surface area contributed by atoms with Crippen molar-refractivity contribution in [2.75, 3.05) is 19.8 Å². The molecule has 15 heavy (non-hydrogen) atoms. The van der Waals surface area contributed by atoms with E-state index in [0.29, 0.717) is 24.4 Å². The lowest BCUT2D eigenvalue weighted by atomic mass is 9.94. The summed E-state index contributed by atoms with van der Waals surface area (Å²) in [5.74, 6) is 1.70. The van der Waals surface area contributed by atoms with Gasteiger partial charge < -0.3 is 9.47 Å². The summed E-state index contributed by atoms with van der Waals surface area (Å²) in [6, 6.07) is 0. The third-order valence-electron chi connectivity index (χ3n) is 3.75. The van der Waals surface area contributed by atoms with Gasteiger partial charge in [0.05, 0.1) is 25.7 Å². The summed E-state index contributed by atoms with van der Waals surface area (Å²) < 4.78 is 10.4. The Bertz CT molecular complexity index is 293. The van der Waals surface area contributed by atoms with Gasteiger partial charge in [-0.15, -0.1) is 0 Å². The van der Waals surface area contributed by atoms with Crippen LogP contribution in [0.25, 0.3) is 0 Å². The molecule has 0 aromatic carbocycles. The van der Waals surface area contributed by atoms with Crippen molar-refractivity contribution in [3.63, 3.8) is 0 Å². The zero-order chi connectivity index (χ0) is 10.3. The number of hydrogen-bond acceptors (Lipinski definition) is 3. The third kappa shape index (κ3) is 1.69. The topological polar surface area (TPSA) is 35.5 Å². The van der Waals surface area contributed by atoms with Crippen LogP contribution in [0.3, 0.4) is 0 Å². The first kappa shape index (κ1) is 9.40. The molecule has 0 spiro atoms. The fourth-order valence-corrected chi connectivity index (χ4v) is 2.74. The van der Waals surface area contributed by atoms with E-state index in [1.165, 1.54) is 0 Å². The fourth-order valence-electron chi connectivity index (χ4n) is 2.74. The minimum Gasteiger partial charge on any atom is -0.465 e. The van der Waals surface area contributed by atoms with Gasteiger partial charge in [0.1, 0.15) is 0 Å². The van der Waals surface area contributed by atoms with Crippen molar-refractivity contribution in [1.29, 1.82) is 0 Å². The first-order valence-electron chi connectivity index (χ1n) is 5.75. The summed E-state index contributed by atoms with van der Waals surface area (Å²) in [7, 11) is 0. The number of hydrogen-bond donors (Lipinski definition) is 0. The van der Waals surface area contributed by atoms with Gasteiger partial charge in [-0.1, -0.05) is 12.2 Å². The Labute approximate surface area is 89.4 Å². The van der Waals surface area contributed by atoms with Crippen molar-refractivity contribution in [3.8, 4) is 0 Å². The van der Waals surface area contributed by atoms with Crippen molar-refractivity contribution in [3.05, 3.63) is 12.2 Å². The summed E-state index contributed by atoms with van der Waals surface area (Å²) in [5.41, 5.74) is 0.